The number of fused-ring (bicyclic) bond motifs is 1. The molecule has 2 aromatic rings. The van der Waals surface area contributed by atoms with Crippen LogP contribution < -0.4 is 4.90 Å². The number of rotatable bonds is 2. The largest absolute Gasteiger partial charge is 0.380 e. The average molecular weight is 263 g/mol. The van der Waals surface area contributed by atoms with Gasteiger partial charge in [-0.1, -0.05) is 23.7 Å². The van der Waals surface area contributed by atoms with Crippen LogP contribution in [0, 0.1) is 0 Å². The molecular weight excluding hydrogens is 248 g/mol. The maximum atomic E-state index is 6.19. The Morgan fingerprint density at radius 3 is 3.00 bits per heavy atom. The van der Waals surface area contributed by atoms with Gasteiger partial charge in [0.05, 0.1) is 16.6 Å². The molecule has 1 fully saturated rings. The van der Waals surface area contributed by atoms with Gasteiger partial charge in [0.2, 0.25) is 0 Å². The minimum atomic E-state index is 0.314. The van der Waals surface area contributed by atoms with Crippen LogP contribution in [0.1, 0.15) is 6.42 Å². The van der Waals surface area contributed by atoms with Crippen molar-refractivity contribution >= 4 is 28.3 Å². The van der Waals surface area contributed by atoms with Gasteiger partial charge in [0.25, 0.3) is 0 Å². The molecule has 0 N–H and O–H groups in total. The summed E-state index contributed by atoms with van der Waals surface area (Å²) in [5.41, 5.74) is 0.873. The molecule has 94 valence electrons. The lowest BCUT2D eigenvalue weighted by Gasteiger charge is -2.17. The van der Waals surface area contributed by atoms with Crippen molar-refractivity contribution in [2.24, 2.45) is 0 Å². The summed E-state index contributed by atoms with van der Waals surface area (Å²) in [6, 6.07) is 9.98. The molecule has 2 heterocycles. The van der Waals surface area contributed by atoms with Gasteiger partial charge in [0.15, 0.2) is 0 Å². The first-order chi connectivity index (χ1) is 8.78. The minimum absolute atomic E-state index is 0.314. The van der Waals surface area contributed by atoms with Gasteiger partial charge in [0.1, 0.15) is 5.82 Å². The molecular formula is C14H15ClN2O. The summed E-state index contributed by atoms with van der Waals surface area (Å²) in [7, 11) is 1.76. The molecule has 1 unspecified atom stereocenters. The molecule has 18 heavy (non-hydrogen) atoms. The van der Waals surface area contributed by atoms with Gasteiger partial charge < -0.3 is 9.64 Å². The van der Waals surface area contributed by atoms with Crippen molar-refractivity contribution in [1.82, 2.24) is 4.98 Å². The highest BCUT2D eigenvalue weighted by atomic mass is 35.5. The van der Waals surface area contributed by atoms with Crippen LogP contribution >= 0.6 is 11.6 Å². The highest BCUT2D eigenvalue weighted by Gasteiger charge is 2.23. The summed E-state index contributed by atoms with van der Waals surface area (Å²) in [5.74, 6) is 0.982. The number of aromatic nitrogens is 1. The Hall–Kier alpha value is -1.32. The van der Waals surface area contributed by atoms with Gasteiger partial charge in [-0.15, -0.1) is 0 Å². The summed E-state index contributed by atoms with van der Waals surface area (Å²) < 4.78 is 5.38. The van der Waals surface area contributed by atoms with Gasteiger partial charge in [-0.05, 0) is 24.6 Å². The van der Waals surface area contributed by atoms with Gasteiger partial charge >= 0.3 is 0 Å². The SMILES string of the molecule is COC1CCN(c2ccc3cccc(Cl)c3n2)C1. The second kappa shape index (κ2) is 4.75. The number of benzene rings is 1. The number of pyridine rings is 1. The van der Waals surface area contributed by atoms with Crippen LogP contribution in [0.15, 0.2) is 30.3 Å². The Morgan fingerprint density at radius 2 is 2.22 bits per heavy atom. The third kappa shape index (κ3) is 2.04. The molecule has 0 spiro atoms. The third-order valence-electron chi connectivity index (χ3n) is 3.46. The number of halogens is 1. The maximum absolute atomic E-state index is 6.19. The Balaban J connectivity index is 1.96. The number of methoxy groups -OCH3 is 1. The first-order valence-corrected chi connectivity index (χ1v) is 6.49. The van der Waals surface area contributed by atoms with Crippen molar-refractivity contribution in [2.45, 2.75) is 12.5 Å². The number of hydrogen-bond acceptors (Lipinski definition) is 3. The summed E-state index contributed by atoms with van der Waals surface area (Å²) in [5, 5.41) is 1.78. The van der Waals surface area contributed by atoms with E-state index in [0.29, 0.717) is 11.1 Å². The minimum Gasteiger partial charge on any atom is -0.380 e. The highest BCUT2D eigenvalue weighted by molar-refractivity contribution is 6.35. The van der Waals surface area contributed by atoms with Crippen LogP contribution in [-0.4, -0.2) is 31.3 Å². The summed E-state index contributed by atoms with van der Waals surface area (Å²) >= 11 is 6.19. The van der Waals surface area contributed by atoms with E-state index in [1.807, 2.05) is 18.2 Å². The van der Waals surface area contributed by atoms with E-state index in [9.17, 15) is 0 Å². The zero-order chi connectivity index (χ0) is 12.5. The number of nitrogens with zero attached hydrogens (tertiary/aromatic N) is 2. The normalized spacial score (nSPS) is 19.7. The molecule has 0 radical (unpaired) electrons. The standard InChI is InChI=1S/C14H15ClN2O/c1-18-11-7-8-17(9-11)13-6-5-10-3-2-4-12(15)14(10)16-13/h2-6,11H,7-9H2,1H3. The molecule has 1 aromatic heterocycles. The predicted octanol–water partition coefficient (Wildman–Crippen LogP) is 3.11. The molecule has 1 saturated heterocycles. The molecule has 1 atom stereocenters. The monoisotopic (exact) mass is 262 g/mol. The van der Waals surface area contributed by atoms with E-state index in [4.69, 9.17) is 16.3 Å². The molecule has 0 bridgehead atoms. The third-order valence-corrected chi connectivity index (χ3v) is 3.76. The van der Waals surface area contributed by atoms with Crippen LogP contribution in [0.25, 0.3) is 10.9 Å². The lowest BCUT2D eigenvalue weighted by Crippen LogP contribution is -2.23. The summed E-state index contributed by atoms with van der Waals surface area (Å²) in [6.07, 6.45) is 1.37. The number of para-hydroxylation sites is 1. The van der Waals surface area contributed by atoms with Crippen LogP contribution in [0.3, 0.4) is 0 Å². The molecule has 4 heteroatoms. The molecule has 3 nitrogen and oxygen atoms in total. The second-order valence-electron chi connectivity index (χ2n) is 4.57. The summed E-state index contributed by atoms with van der Waals surface area (Å²) in [6.45, 7) is 1.89. The molecule has 1 aliphatic heterocycles. The Bertz CT molecular complexity index is 573. The van der Waals surface area contributed by atoms with Crippen LogP contribution in [-0.2, 0) is 4.74 Å². The Morgan fingerprint density at radius 1 is 1.33 bits per heavy atom. The van der Waals surface area contributed by atoms with Crippen molar-refractivity contribution in [3.63, 3.8) is 0 Å². The quantitative estimate of drug-likeness (QED) is 0.832. The smallest absolute Gasteiger partial charge is 0.129 e. The average Bonchev–Trinajstić information content (AvgIpc) is 2.88. The highest BCUT2D eigenvalue weighted by Crippen LogP contribution is 2.26. The molecule has 1 aliphatic rings. The van der Waals surface area contributed by atoms with Crippen LogP contribution in [0.2, 0.25) is 5.02 Å². The van der Waals surface area contributed by atoms with Crippen LogP contribution in [0.5, 0.6) is 0 Å². The Kier molecular flexibility index (Phi) is 3.10. The Labute approximate surface area is 111 Å². The molecule has 0 amide bonds. The van der Waals surface area contributed by atoms with Crippen molar-refractivity contribution < 1.29 is 4.74 Å². The van der Waals surface area contributed by atoms with Crippen molar-refractivity contribution in [3.8, 4) is 0 Å². The van der Waals surface area contributed by atoms with Crippen molar-refractivity contribution in [1.29, 1.82) is 0 Å². The topological polar surface area (TPSA) is 25.4 Å². The number of hydrogen-bond donors (Lipinski definition) is 0. The van der Waals surface area contributed by atoms with E-state index in [-0.39, 0.29) is 0 Å². The fourth-order valence-electron chi connectivity index (χ4n) is 2.41. The van der Waals surface area contributed by atoms with E-state index in [2.05, 4.69) is 22.0 Å². The van der Waals surface area contributed by atoms with E-state index in [1.54, 1.807) is 7.11 Å². The van der Waals surface area contributed by atoms with Gasteiger partial charge in [-0.3, -0.25) is 0 Å². The van der Waals surface area contributed by atoms with E-state index in [1.165, 1.54) is 0 Å². The summed E-state index contributed by atoms with van der Waals surface area (Å²) in [4.78, 5) is 6.91. The predicted molar refractivity (Wildman–Crippen MR) is 74.4 cm³/mol. The van der Waals surface area contributed by atoms with Gasteiger partial charge in [0, 0.05) is 25.6 Å². The first kappa shape index (κ1) is 11.8. The molecule has 1 aromatic carbocycles. The maximum Gasteiger partial charge on any atom is 0.129 e. The van der Waals surface area contributed by atoms with E-state index >= 15 is 0 Å². The van der Waals surface area contributed by atoms with Gasteiger partial charge in [-0.25, -0.2) is 4.98 Å². The lowest BCUT2D eigenvalue weighted by atomic mass is 10.2. The van der Waals surface area contributed by atoms with E-state index < -0.39 is 0 Å². The van der Waals surface area contributed by atoms with Gasteiger partial charge in [-0.2, -0.15) is 0 Å². The molecule has 0 aliphatic carbocycles. The van der Waals surface area contributed by atoms with E-state index in [0.717, 1.165) is 36.2 Å². The molecule has 0 saturated carbocycles. The first-order valence-electron chi connectivity index (χ1n) is 6.11. The zero-order valence-electron chi connectivity index (χ0n) is 10.3. The second-order valence-corrected chi connectivity index (χ2v) is 4.98. The number of anilines is 1. The van der Waals surface area contributed by atoms with Crippen LogP contribution in [0.4, 0.5) is 5.82 Å². The zero-order valence-corrected chi connectivity index (χ0v) is 11.0. The fourth-order valence-corrected chi connectivity index (χ4v) is 2.63. The van der Waals surface area contributed by atoms with Crippen molar-refractivity contribution in [3.05, 3.63) is 35.4 Å². The van der Waals surface area contributed by atoms with Crippen molar-refractivity contribution in [2.75, 3.05) is 25.1 Å². The fraction of sp³-hybridized carbons (Fsp3) is 0.357. The molecule has 3 rings (SSSR count). The lowest BCUT2D eigenvalue weighted by molar-refractivity contribution is 0.121. The number of ether oxygens (including phenoxy) is 1.